The first-order valence-corrected chi connectivity index (χ1v) is 8.04. The Labute approximate surface area is 120 Å². The van der Waals surface area contributed by atoms with Crippen molar-refractivity contribution in [2.24, 2.45) is 0 Å². The van der Waals surface area contributed by atoms with Crippen LogP contribution in [0.2, 0.25) is 0 Å². The van der Waals surface area contributed by atoms with Gasteiger partial charge in [-0.3, -0.25) is 0 Å². The van der Waals surface area contributed by atoms with E-state index in [4.69, 9.17) is 4.74 Å². The third-order valence-electron chi connectivity index (χ3n) is 3.03. The predicted molar refractivity (Wildman–Crippen MR) is 72.9 cm³/mol. The number of rotatable bonds is 2. The van der Waals surface area contributed by atoms with Crippen LogP contribution in [0.1, 0.15) is 13.8 Å². The first kappa shape index (κ1) is 14.9. The van der Waals surface area contributed by atoms with Gasteiger partial charge in [0.1, 0.15) is 5.82 Å². The maximum Gasteiger partial charge on any atom is 0.244 e. The first-order chi connectivity index (χ1) is 8.75. The topological polar surface area (TPSA) is 46.6 Å². The summed E-state index contributed by atoms with van der Waals surface area (Å²) in [6.07, 6.45) is 0. The number of hydrogen-bond acceptors (Lipinski definition) is 3. The summed E-state index contributed by atoms with van der Waals surface area (Å²) in [6, 6.07) is 3.58. The molecule has 2 rings (SSSR count). The third-order valence-corrected chi connectivity index (χ3v) is 6.12. The molecule has 1 aliphatic rings. The Morgan fingerprint density at radius 2 is 2.11 bits per heavy atom. The molecule has 0 amide bonds. The Kier molecular flexibility index (Phi) is 4.02. The third kappa shape index (κ3) is 2.84. The van der Waals surface area contributed by atoms with Crippen molar-refractivity contribution in [1.82, 2.24) is 4.31 Å². The van der Waals surface area contributed by atoms with Gasteiger partial charge in [-0.25, -0.2) is 12.8 Å². The number of ether oxygens (including phenoxy) is 1. The minimum absolute atomic E-state index is 0.0730. The lowest BCUT2D eigenvalue weighted by Gasteiger charge is -2.40. The van der Waals surface area contributed by atoms with Crippen LogP contribution >= 0.6 is 15.9 Å². The Morgan fingerprint density at radius 3 is 2.68 bits per heavy atom. The van der Waals surface area contributed by atoms with E-state index in [1.807, 2.05) is 0 Å². The summed E-state index contributed by atoms with van der Waals surface area (Å²) in [6.45, 7) is 4.61. The standard InChI is InChI=1S/C12H15BrFNO3S/c1-12(2)8-18-6-5-15(12)19(16,17)11-4-3-9(14)7-10(11)13/h3-4,7H,5-6,8H2,1-2H3. The summed E-state index contributed by atoms with van der Waals surface area (Å²) in [5.74, 6) is -0.480. The van der Waals surface area contributed by atoms with Gasteiger partial charge in [0.25, 0.3) is 0 Å². The molecule has 1 aliphatic heterocycles. The molecule has 1 aromatic carbocycles. The highest BCUT2D eigenvalue weighted by Crippen LogP contribution is 2.31. The lowest BCUT2D eigenvalue weighted by Crippen LogP contribution is -2.55. The SMILES string of the molecule is CC1(C)COCCN1S(=O)(=O)c1ccc(F)cc1Br. The molecular weight excluding hydrogens is 337 g/mol. The molecule has 106 valence electrons. The van der Waals surface area contributed by atoms with Gasteiger partial charge in [0.05, 0.1) is 23.6 Å². The van der Waals surface area contributed by atoms with Crippen molar-refractivity contribution >= 4 is 26.0 Å². The zero-order chi connectivity index (χ0) is 14.3. The molecule has 0 radical (unpaired) electrons. The fourth-order valence-corrected chi connectivity index (χ4v) is 4.86. The highest BCUT2D eigenvalue weighted by atomic mass is 79.9. The zero-order valence-electron chi connectivity index (χ0n) is 10.7. The molecule has 0 saturated carbocycles. The van der Waals surface area contributed by atoms with Gasteiger partial charge < -0.3 is 4.74 Å². The highest BCUT2D eigenvalue weighted by Gasteiger charge is 2.40. The van der Waals surface area contributed by atoms with Crippen molar-refractivity contribution in [3.8, 4) is 0 Å². The molecule has 1 saturated heterocycles. The van der Waals surface area contributed by atoms with Crippen LogP contribution in [0.4, 0.5) is 4.39 Å². The van der Waals surface area contributed by atoms with E-state index in [9.17, 15) is 12.8 Å². The first-order valence-electron chi connectivity index (χ1n) is 5.81. The Bertz CT molecular complexity index is 589. The average molecular weight is 352 g/mol. The summed E-state index contributed by atoms with van der Waals surface area (Å²) >= 11 is 3.11. The van der Waals surface area contributed by atoms with Gasteiger partial charge in [-0.2, -0.15) is 4.31 Å². The number of sulfonamides is 1. The van der Waals surface area contributed by atoms with Crippen molar-refractivity contribution in [3.05, 3.63) is 28.5 Å². The Morgan fingerprint density at radius 1 is 1.42 bits per heavy atom. The molecule has 0 aliphatic carbocycles. The van der Waals surface area contributed by atoms with Crippen molar-refractivity contribution in [1.29, 1.82) is 0 Å². The second-order valence-electron chi connectivity index (χ2n) is 5.02. The van der Waals surface area contributed by atoms with Gasteiger partial charge in [0, 0.05) is 11.0 Å². The number of nitrogens with zero attached hydrogens (tertiary/aromatic N) is 1. The van der Waals surface area contributed by atoms with Crippen molar-refractivity contribution in [2.75, 3.05) is 19.8 Å². The van der Waals surface area contributed by atoms with Crippen molar-refractivity contribution < 1.29 is 17.5 Å². The van der Waals surface area contributed by atoms with Crippen LogP contribution in [0.5, 0.6) is 0 Å². The predicted octanol–water partition coefficient (Wildman–Crippen LogP) is 2.39. The fraction of sp³-hybridized carbons (Fsp3) is 0.500. The van der Waals surface area contributed by atoms with Gasteiger partial charge >= 0.3 is 0 Å². The van der Waals surface area contributed by atoms with E-state index in [2.05, 4.69) is 15.9 Å². The minimum Gasteiger partial charge on any atom is -0.378 e. The molecular formula is C12H15BrFNO3S. The molecule has 19 heavy (non-hydrogen) atoms. The summed E-state index contributed by atoms with van der Waals surface area (Å²) in [5, 5.41) is 0. The summed E-state index contributed by atoms with van der Waals surface area (Å²) in [5.41, 5.74) is -0.620. The van der Waals surface area contributed by atoms with Crippen molar-refractivity contribution in [3.63, 3.8) is 0 Å². The molecule has 4 nitrogen and oxygen atoms in total. The van der Waals surface area contributed by atoms with Gasteiger partial charge in [-0.1, -0.05) is 0 Å². The summed E-state index contributed by atoms with van der Waals surface area (Å²) in [4.78, 5) is 0.0730. The second kappa shape index (κ2) is 5.12. The van der Waals surface area contributed by atoms with Crippen LogP contribution in [0.15, 0.2) is 27.6 Å². The molecule has 0 aromatic heterocycles. The lowest BCUT2D eigenvalue weighted by atomic mass is 10.1. The molecule has 1 heterocycles. The van der Waals surface area contributed by atoms with E-state index in [-0.39, 0.29) is 9.37 Å². The van der Waals surface area contributed by atoms with E-state index in [1.165, 1.54) is 10.4 Å². The smallest absolute Gasteiger partial charge is 0.244 e. The van der Waals surface area contributed by atoms with Crippen LogP contribution < -0.4 is 0 Å². The Hall–Kier alpha value is -0.500. The molecule has 0 bridgehead atoms. The zero-order valence-corrected chi connectivity index (χ0v) is 13.1. The molecule has 0 spiro atoms. The normalized spacial score (nSPS) is 20.4. The van der Waals surface area contributed by atoms with E-state index in [1.54, 1.807) is 13.8 Å². The van der Waals surface area contributed by atoms with Crippen LogP contribution in [0.25, 0.3) is 0 Å². The number of morpholine rings is 1. The summed E-state index contributed by atoms with van der Waals surface area (Å²) < 4.78 is 45.3. The van der Waals surface area contributed by atoms with Crippen molar-refractivity contribution in [2.45, 2.75) is 24.3 Å². The fourth-order valence-electron chi connectivity index (χ4n) is 2.09. The summed E-state index contributed by atoms with van der Waals surface area (Å²) in [7, 11) is -3.68. The van der Waals surface area contributed by atoms with E-state index < -0.39 is 21.4 Å². The maximum atomic E-state index is 13.1. The average Bonchev–Trinajstić information content (AvgIpc) is 2.27. The van der Waals surface area contributed by atoms with Crippen LogP contribution in [0.3, 0.4) is 0 Å². The van der Waals surface area contributed by atoms with E-state index in [0.29, 0.717) is 19.8 Å². The van der Waals surface area contributed by atoms with E-state index in [0.717, 1.165) is 12.1 Å². The monoisotopic (exact) mass is 351 g/mol. The quantitative estimate of drug-likeness (QED) is 0.821. The molecule has 7 heteroatoms. The maximum absolute atomic E-state index is 13.1. The van der Waals surface area contributed by atoms with Gasteiger partial charge in [0.2, 0.25) is 10.0 Å². The van der Waals surface area contributed by atoms with Gasteiger partial charge in [-0.05, 0) is 48.0 Å². The van der Waals surface area contributed by atoms with Gasteiger partial charge in [0.15, 0.2) is 0 Å². The molecule has 0 atom stereocenters. The van der Waals surface area contributed by atoms with Crippen LogP contribution in [-0.2, 0) is 14.8 Å². The van der Waals surface area contributed by atoms with Crippen LogP contribution in [-0.4, -0.2) is 38.0 Å². The number of benzene rings is 1. The van der Waals surface area contributed by atoms with Gasteiger partial charge in [-0.15, -0.1) is 0 Å². The minimum atomic E-state index is -3.68. The number of halogens is 2. The molecule has 1 fully saturated rings. The Balaban J connectivity index is 2.47. The molecule has 0 unspecified atom stereocenters. The largest absolute Gasteiger partial charge is 0.378 e. The highest BCUT2D eigenvalue weighted by molar-refractivity contribution is 9.10. The van der Waals surface area contributed by atoms with Crippen LogP contribution in [0, 0.1) is 5.82 Å². The number of hydrogen-bond donors (Lipinski definition) is 0. The lowest BCUT2D eigenvalue weighted by molar-refractivity contribution is -0.00772. The molecule has 0 N–H and O–H groups in total. The van der Waals surface area contributed by atoms with E-state index >= 15 is 0 Å². The second-order valence-corrected chi connectivity index (χ2v) is 7.70. The molecule has 1 aromatic rings.